The highest BCUT2D eigenvalue weighted by Crippen LogP contribution is 2.22. The minimum Gasteiger partial charge on any atom is -0.394 e. The maximum absolute atomic E-state index is 13.2. The zero-order valence-electron chi connectivity index (χ0n) is 17.2. The third kappa shape index (κ3) is 5.03. The fourth-order valence-electron chi connectivity index (χ4n) is 3.19. The number of rotatable bonds is 7. The van der Waals surface area contributed by atoms with Crippen LogP contribution >= 0.6 is 0 Å². The molecule has 31 heavy (non-hydrogen) atoms. The van der Waals surface area contributed by atoms with Gasteiger partial charge in [-0.1, -0.05) is 0 Å². The van der Waals surface area contributed by atoms with Gasteiger partial charge in [0.05, 0.1) is 43.8 Å². The van der Waals surface area contributed by atoms with E-state index < -0.39 is 5.82 Å². The molecule has 3 aromatic heterocycles. The summed E-state index contributed by atoms with van der Waals surface area (Å²) in [7, 11) is 0. The van der Waals surface area contributed by atoms with Gasteiger partial charge >= 0.3 is 0 Å². The van der Waals surface area contributed by atoms with Crippen LogP contribution in [0, 0.1) is 12.7 Å². The molecular weight excluding hydrogens is 405 g/mol. The lowest BCUT2D eigenvalue weighted by Crippen LogP contribution is -2.48. The number of aryl methyl sites for hydroxylation is 1. The van der Waals surface area contributed by atoms with E-state index in [1.54, 1.807) is 6.07 Å². The van der Waals surface area contributed by atoms with Gasteiger partial charge in [-0.3, -0.25) is 10.1 Å². The average molecular weight is 429 g/mol. The lowest BCUT2D eigenvalue weighted by Gasteiger charge is -2.34. The topological polar surface area (TPSA) is 137 Å². The van der Waals surface area contributed by atoms with Crippen molar-refractivity contribution in [1.29, 1.82) is 0 Å². The molecule has 3 aromatic rings. The summed E-state index contributed by atoms with van der Waals surface area (Å²) in [6.45, 7) is 5.08. The molecule has 1 aliphatic heterocycles. The number of aliphatic hydroxyl groups is 1. The second-order valence-electron chi connectivity index (χ2n) is 7.22. The predicted molar refractivity (Wildman–Crippen MR) is 112 cm³/mol. The molecule has 0 aliphatic carbocycles. The van der Waals surface area contributed by atoms with Crippen molar-refractivity contribution in [2.75, 3.05) is 41.9 Å². The average Bonchev–Trinajstić information content (AvgIpc) is 3.18. The molecule has 0 unspecified atom stereocenters. The molecule has 1 fully saturated rings. The van der Waals surface area contributed by atoms with Gasteiger partial charge < -0.3 is 25.4 Å². The Hall–Kier alpha value is -3.38. The number of hydrogen-bond donors (Lipinski definition) is 4. The van der Waals surface area contributed by atoms with Crippen molar-refractivity contribution in [3.05, 3.63) is 41.6 Å². The minimum absolute atomic E-state index is 0.0916. The molecule has 0 saturated carbocycles. The summed E-state index contributed by atoms with van der Waals surface area (Å²) in [5, 5.41) is 23.0. The Bertz CT molecular complexity index is 1010. The zero-order chi connectivity index (χ0) is 21.8. The fraction of sp³-hybridized carbons (Fsp3) is 0.421. The van der Waals surface area contributed by atoms with Crippen molar-refractivity contribution >= 4 is 23.7 Å². The molecule has 164 valence electrons. The maximum Gasteiger partial charge on any atom is 0.235 e. The number of ether oxygens (including phenoxy) is 1. The van der Waals surface area contributed by atoms with E-state index in [1.807, 2.05) is 24.8 Å². The number of aliphatic hydroxyl groups excluding tert-OH is 1. The highest BCUT2D eigenvalue weighted by Gasteiger charge is 2.26. The second kappa shape index (κ2) is 9.18. The molecule has 12 heteroatoms. The molecule has 1 aliphatic rings. The molecule has 4 heterocycles. The first-order valence-corrected chi connectivity index (χ1v) is 9.90. The predicted octanol–water partition coefficient (Wildman–Crippen LogP) is 1.55. The highest BCUT2D eigenvalue weighted by atomic mass is 19.1. The number of aromatic amines is 1. The summed E-state index contributed by atoms with van der Waals surface area (Å²) in [5.74, 6) is 1.16. The monoisotopic (exact) mass is 429 g/mol. The third-order valence-corrected chi connectivity index (χ3v) is 4.80. The van der Waals surface area contributed by atoms with Gasteiger partial charge in [-0.05, 0) is 26.0 Å². The Kier molecular flexibility index (Phi) is 6.18. The maximum atomic E-state index is 13.2. The number of H-pyrrole nitrogens is 1. The molecule has 4 N–H and O–H groups in total. The number of nitrogens with one attached hydrogen (secondary N) is 3. The van der Waals surface area contributed by atoms with Crippen LogP contribution in [-0.4, -0.2) is 67.6 Å². The summed E-state index contributed by atoms with van der Waals surface area (Å²) in [4.78, 5) is 19.5. The van der Waals surface area contributed by atoms with Gasteiger partial charge in [0.1, 0.15) is 5.82 Å². The van der Waals surface area contributed by atoms with Crippen LogP contribution in [0.15, 0.2) is 24.4 Å². The molecule has 0 bridgehead atoms. The highest BCUT2D eigenvalue weighted by molar-refractivity contribution is 5.53. The standard InChI is InChI=1S/C19H24FN9O2/c1-11-7-16(28-27-11)23-18-24-17(22-12(2)15-4-3-13(20)8-21-15)25-19(26-18)29-5-6-31-10-14(29)9-30/h3-4,7-8,12,14,30H,5-6,9-10H2,1-2H3,(H3,22,23,24,25,26,27,28)/t12-,14-/m0/s1. The van der Waals surface area contributed by atoms with Crippen molar-refractivity contribution in [2.45, 2.75) is 25.9 Å². The van der Waals surface area contributed by atoms with E-state index in [0.29, 0.717) is 49.1 Å². The number of hydrogen-bond acceptors (Lipinski definition) is 10. The molecule has 0 amide bonds. The Balaban J connectivity index is 1.64. The van der Waals surface area contributed by atoms with Crippen molar-refractivity contribution in [3.63, 3.8) is 0 Å². The smallest absolute Gasteiger partial charge is 0.235 e. The summed E-state index contributed by atoms with van der Waals surface area (Å²) >= 11 is 0. The van der Waals surface area contributed by atoms with E-state index in [0.717, 1.165) is 5.69 Å². The Morgan fingerprint density at radius 1 is 1.32 bits per heavy atom. The Labute approximate surface area is 178 Å². The van der Waals surface area contributed by atoms with Crippen LogP contribution in [0.1, 0.15) is 24.4 Å². The molecule has 0 radical (unpaired) electrons. The molecule has 11 nitrogen and oxygen atoms in total. The number of anilines is 4. The van der Waals surface area contributed by atoms with Crippen molar-refractivity contribution < 1.29 is 14.2 Å². The second-order valence-corrected chi connectivity index (χ2v) is 7.22. The van der Waals surface area contributed by atoms with Gasteiger partial charge in [0.2, 0.25) is 17.8 Å². The van der Waals surface area contributed by atoms with Gasteiger partial charge in [0.25, 0.3) is 0 Å². The van der Waals surface area contributed by atoms with Gasteiger partial charge in [-0.2, -0.15) is 20.1 Å². The largest absolute Gasteiger partial charge is 0.394 e. The first-order valence-electron chi connectivity index (χ1n) is 9.90. The van der Waals surface area contributed by atoms with Crippen LogP contribution < -0.4 is 15.5 Å². The quantitative estimate of drug-likeness (QED) is 0.438. The van der Waals surface area contributed by atoms with E-state index >= 15 is 0 Å². The molecule has 0 aromatic carbocycles. The zero-order valence-corrected chi connectivity index (χ0v) is 17.2. The van der Waals surface area contributed by atoms with E-state index in [1.165, 1.54) is 12.3 Å². The van der Waals surface area contributed by atoms with Gasteiger partial charge in [0, 0.05) is 18.3 Å². The number of nitrogens with zero attached hydrogens (tertiary/aromatic N) is 6. The normalized spacial score (nSPS) is 17.4. The summed E-state index contributed by atoms with van der Waals surface area (Å²) < 4.78 is 18.7. The van der Waals surface area contributed by atoms with Crippen molar-refractivity contribution in [1.82, 2.24) is 30.1 Å². The lowest BCUT2D eigenvalue weighted by molar-refractivity contribution is 0.0718. The van der Waals surface area contributed by atoms with Gasteiger partial charge in [-0.15, -0.1) is 0 Å². The minimum atomic E-state index is -0.401. The molecule has 0 spiro atoms. The first-order chi connectivity index (χ1) is 15.0. The number of pyridine rings is 1. The summed E-state index contributed by atoms with van der Waals surface area (Å²) in [6, 6.07) is 4.23. The van der Waals surface area contributed by atoms with Crippen molar-refractivity contribution in [2.24, 2.45) is 0 Å². The van der Waals surface area contributed by atoms with E-state index in [4.69, 9.17) is 4.74 Å². The SMILES string of the molecule is Cc1cc(Nc2nc(N[C@@H](C)c3ccc(F)cn3)nc(N3CCOC[C@@H]3CO)n2)n[nH]1. The Morgan fingerprint density at radius 3 is 2.87 bits per heavy atom. The van der Waals surface area contributed by atoms with E-state index in [9.17, 15) is 9.50 Å². The van der Waals surface area contributed by atoms with Crippen LogP contribution in [0.5, 0.6) is 0 Å². The Morgan fingerprint density at radius 2 is 2.16 bits per heavy atom. The van der Waals surface area contributed by atoms with Gasteiger partial charge in [-0.25, -0.2) is 4.39 Å². The van der Waals surface area contributed by atoms with Crippen LogP contribution in [-0.2, 0) is 4.74 Å². The van der Waals surface area contributed by atoms with Crippen LogP contribution in [0.3, 0.4) is 0 Å². The number of morpholine rings is 1. The van der Waals surface area contributed by atoms with Crippen LogP contribution in [0.2, 0.25) is 0 Å². The van der Waals surface area contributed by atoms with Crippen LogP contribution in [0.25, 0.3) is 0 Å². The molecule has 1 saturated heterocycles. The molecule has 2 atom stereocenters. The number of halogens is 1. The third-order valence-electron chi connectivity index (χ3n) is 4.80. The summed E-state index contributed by atoms with van der Waals surface area (Å²) in [5.41, 5.74) is 1.53. The van der Waals surface area contributed by atoms with Crippen molar-refractivity contribution in [3.8, 4) is 0 Å². The van der Waals surface area contributed by atoms with E-state index in [-0.39, 0.29) is 18.7 Å². The first kappa shape index (κ1) is 20.9. The number of aromatic nitrogens is 6. The summed E-state index contributed by atoms with van der Waals surface area (Å²) in [6.07, 6.45) is 1.17. The molecular formula is C19H24FN9O2. The molecule has 4 rings (SSSR count). The van der Waals surface area contributed by atoms with Gasteiger partial charge in [0.15, 0.2) is 5.82 Å². The lowest BCUT2D eigenvalue weighted by atomic mass is 10.2. The fourth-order valence-corrected chi connectivity index (χ4v) is 3.19. The van der Waals surface area contributed by atoms with E-state index in [2.05, 4.69) is 40.8 Å². The van der Waals surface area contributed by atoms with Crippen LogP contribution in [0.4, 0.5) is 28.1 Å².